The van der Waals surface area contributed by atoms with Crippen LogP contribution in [0, 0.1) is 0 Å². The molecular formula is C12H17ClN2OS. The van der Waals surface area contributed by atoms with Crippen molar-refractivity contribution in [3.8, 4) is 0 Å². The quantitative estimate of drug-likeness (QED) is 0.615. The van der Waals surface area contributed by atoms with E-state index in [0.717, 1.165) is 30.2 Å². The number of halogens is 1. The standard InChI is InChI=1S/C12H17ClN2OS/c1-16-7-3-6-14-12(17)15-9-10-4-2-5-11(13)8-10/h2,4-5,8H,3,6-7,9H2,1H3,(H2,14,15,17). The van der Waals surface area contributed by atoms with Crippen molar-refractivity contribution >= 4 is 28.9 Å². The lowest BCUT2D eigenvalue weighted by Gasteiger charge is -2.10. The molecule has 0 radical (unpaired) electrons. The van der Waals surface area contributed by atoms with Crippen molar-refractivity contribution in [3.63, 3.8) is 0 Å². The van der Waals surface area contributed by atoms with Gasteiger partial charge in [-0.05, 0) is 36.3 Å². The molecule has 3 nitrogen and oxygen atoms in total. The maximum absolute atomic E-state index is 5.89. The summed E-state index contributed by atoms with van der Waals surface area (Å²) < 4.78 is 4.95. The number of methoxy groups -OCH3 is 1. The Labute approximate surface area is 112 Å². The molecule has 0 amide bonds. The third-order valence-electron chi connectivity index (χ3n) is 2.15. The predicted octanol–water partition coefficient (Wildman–Crippen LogP) is 2.34. The fraction of sp³-hybridized carbons (Fsp3) is 0.417. The number of thiocarbonyl (C=S) groups is 1. The molecule has 0 aliphatic heterocycles. The zero-order valence-electron chi connectivity index (χ0n) is 9.83. The molecule has 17 heavy (non-hydrogen) atoms. The predicted molar refractivity (Wildman–Crippen MR) is 75.4 cm³/mol. The van der Waals surface area contributed by atoms with Gasteiger partial charge in [-0.1, -0.05) is 23.7 Å². The van der Waals surface area contributed by atoms with E-state index >= 15 is 0 Å². The van der Waals surface area contributed by atoms with E-state index in [1.807, 2.05) is 24.3 Å². The van der Waals surface area contributed by atoms with Gasteiger partial charge in [-0.3, -0.25) is 0 Å². The van der Waals surface area contributed by atoms with Crippen LogP contribution in [0.25, 0.3) is 0 Å². The summed E-state index contributed by atoms with van der Waals surface area (Å²) in [6.45, 7) is 2.23. The molecule has 0 fully saturated rings. The highest BCUT2D eigenvalue weighted by Crippen LogP contribution is 2.09. The Kier molecular flexibility index (Phi) is 6.93. The van der Waals surface area contributed by atoms with E-state index in [0.29, 0.717) is 11.7 Å². The van der Waals surface area contributed by atoms with E-state index in [-0.39, 0.29) is 0 Å². The van der Waals surface area contributed by atoms with Crippen molar-refractivity contribution in [2.24, 2.45) is 0 Å². The Balaban J connectivity index is 2.19. The van der Waals surface area contributed by atoms with Gasteiger partial charge in [-0.25, -0.2) is 0 Å². The molecule has 0 aromatic heterocycles. The Morgan fingerprint density at radius 1 is 1.41 bits per heavy atom. The van der Waals surface area contributed by atoms with Crippen LogP contribution >= 0.6 is 23.8 Å². The van der Waals surface area contributed by atoms with Crippen molar-refractivity contribution in [3.05, 3.63) is 34.9 Å². The molecule has 0 bridgehead atoms. The fourth-order valence-electron chi connectivity index (χ4n) is 1.31. The molecule has 5 heteroatoms. The van der Waals surface area contributed by atoms with Crippen molar-refractivity contribution in [1.29, 1.82) is 0 Å². The second kappa shape index (κ2) is 8.28. The zero-order chi connectivity index (χ0) is 12.5. The molecule has 1 aromatic rings. The monoisotopic (exact) mass is 272 g/mol. The summed E-state index contributed by atoms with van der Waals surface area (Å²) >= 11 is 11.0. The van der Waals surface area contributed by atoms with E-state index in [2.05, 4.69) is 10.6 Å². The SMILES string of the molecule is COCCCNC(=S)NCc1cccc(Cl)c1. The molecule has 1 aromatic carbocycles. The van der Waals surface area contributed by atoms with E-state index in [1.165, 1.54) is 0 Å². The van der Waals surface area contributed by atoms with Gasteiger partial charge in [-0.2, -0.15) is 0 Å². The van der Waals surface area contributed by atoms with Gasteiger partial charge < -0.3 is 15.4 Å². The minimum atomic E-state index is 0.654. The van der Waals surface area contributed by atoms with Gasteiger partial charge in [0.1, 0.15) is 0 Å². The average molecular weight is 273 g/mol. The molecule has 0 saturated heterocycles. The number of rotatable bonds is 6. The van der Waals surface area contributed by atoms with Gasteiger partial charge in [-0.15, -0.1) is 0 Å². The molecule has 0 heterocycles. The summed E-state index contributed by atoms with van der Waals surface area (Å²) in [5, 5.41) is 7.63. The molecule has 0 saturated carbocycles. The summed E-state index contributed by atoms with van der Waals surface area (Å²) in [5.41, 5.74) is 1.11. The summed E-state index contributed by atoms with van der Waals surface area (Å²) in [4.78, 5) is 0. The maximum atomic E-state index is 5.89. The summed E-state index contributed by atoms with van der Waals surface area (Å²) in [6, 6.07) is 7.70. The van der Waals surface area contributed by atoms with Crippen molar-refractivity contribution in [1.82, 2.24) is 10.6 Å². The number of nitrogens with one attached hydrogen (secondary N) is 2. The van der Waals surface area contributed by atoms with Gasteiger partial charge in [0, 0.05) is 31.8 Å². The van der Waals surface area contributed by atoms with E-state index in [4.69, 9.17) is 28.6 Å². The van der Waals surface area contributed by atoms with Crippen LogP contribution in [-0.2, 0) is 11.3 Å². The normalized spacial score (nSPS) is 10.0. The highest BCUT2D eigenvalue weighted by Gasteiger charge is 1.97. The second-order valence-corrected chi connectivity index (χ2v) is 4.43. The highest BCUT2D eigenvalue weighted by atomic mass is 35.5. The van der Waals surface area contributed by atoms with Crippen LogP contribution in [0.2, 0.25) is 5.02 Å². The molecule has 0 spiro atoms. The molecular weight excluding hydrogens is 256 g/mol. The Bertz CT molecular complexity index is 360. The Morgan fingerprint density at radius 2 is 2.24 bits per heavy atom. The van der Waals surface area contributed by atoms with E-state index in [1.54, 1.807) is 7.11 Å². The molecule has 0 unspecified atom stereocenters. The maximum Gasteiger partial charge on any atom is 0.166 e. The Hall–Kier alpha value is -0.840. The van der Waals surface area contributed by atoms with Crippen LogP contribution < -0.4 is 10.6 Å². The van der Waals surface area contributed by atoms with Gasteiger partial charge in [0.05, 0.1) is 0 Å². The van der Waals surface area contributed by atoms with Crippen LogP contribution in [0.15, 0.2) is 24.3 Å². The largest absolute Gasteiger partial charge is 0.385 e. The van der Waals surface area contributed by atoms with Gasteiger partial charge in [0.25, 0.3) is 0 Å². The molecule has 1 rings (SSSR count). The lowest BCUT2D eigenvalue weighted by molar-refractivity contribution is 0.195. The van der Waals surface area contributed by atoms with Gasteiger partial charge in [0.15, 0.2) is 5.11 Å². The van der Waals surface area contributed by atoms with Crippen molar-refractivity contribution in [2.75, 3.05) is 20.3 Å². The molecule has 94 valence electrons. The smallest absolute Gasteiger partial charge is 0.166 e. The second-order valence-electron chi connectivity index (χ2n) is 3.59. The first-order chi connectivity index (χ1) is 8.22. The first-order valence-electron chi connectivity index (χ1n) is 5.47. The van der Waals surface area contributed by atoms with Gasteiger partial charge >= 0.3 is 0 Å². The van der Waals surface area contributed by atoms with E-state index in [9.17, 15) is 0 Å². The fourth-order valence-corrected chi connectivity index (χ4v) is 1.70. The topological polar surface area (TPSA) is 33.3 Å². The molecule has 0 aliphatic carbocycles. The zero-order valence-corrected chi connectivity index (χ0v) is 11.4. The first kappa shape index (κ1) is 14.2. The lowest BCUT2D eigenvalue weighted by Crippen LogP contribution is -2.35. The highest BCUT2D eigenvalue weighted by molar-refractivity contribution is 7.80. The summed E-state index contributed by atoms with van der Waals surface area (Å²) in [5.74, 6) is 0. The average Bonchev–Trinajstić information content (AvgIpc) is 2.32. The minimum absolute atomic E-state index is 0.654. The van der Waals surface area contributed by atoms with Crippen LogP contribution in [0.5, 0.6) is 0 Å². The molecule has 0 atom stereocenters. The first-order valence-corrected chi connectivity index (χ1v) is 6.26. The number of hydrogen-bond donors (Lipinski definition) is 2. The van der Waals surface area contributed by atoms with Crippen LogP contribution in [0.1, 0.15) is 12.0 Å². The number of hydrogen-bond acceptors (Lipinski definition) is 2. The van der Waals surface area contributed by atoms with Gasteiger partial charge in [0.2, 0.25) is 0 Å². The lowest BCUT2D eigenvalue weighted by atomic mass is 10.2. The number of ether oxygens (including phenoxy) is 1. The van der Waals surface area contributed by atoms with Crippen LogP contribution in [-0.4, -0.2) is 25.4 Å². The van der Waals surface area contributed by atoms with Crippen molar-refractivity contribution < 1.29 is 4.74 Å². The van der Waals surface area contributed by atoms with Crippen molar-refractivity contribution in [2.45, 2.75) is 13.0 Å². The third-order valence-corrected chi connectivity index (χ3v) is 2.68. The Morgan fingerprint density at radius 3 is 2.94 bits per heavy atom. The molecule has 0 aliphatic rings. The van der Waals surface area contributed by atoms with E-state index < -0.39 is 0 Å². The van der Waals surface area contributed by atoms with Crippen LogP contribution in [0.3, 0.4) is 0 Å². The minimum Gasteiger partial charge on any atom is -0.385 e. The number of benzene rings is 1. The summed E-state index contributed by atoms with van der Waals surface area (Å²) in [7, 11) is 1.69. The molecule has 2 N–H and O–H groups in total. The summed E-state index contributed by atoms with van der Waals surface area (Å²) in [6.07, 6.45) is 0.940. The third kappa shape index (κ3) is 6.46. The van der Waals surface area contributed by atoms with Crippen LogP contribution in [0.4, 0.5) is 0 Å².